The zero-order chi connectivity index (χ0) is 10.0. The van der Waals surface area contributed by atoms with E-state index in [4.69, 9.17) is 11.5 Å². The summed E-state index contributed by atoms with van der Waals surface area (Å²) in [7, 11) is 0. The summed E-state index contributed by atoms with van der Waals surface area (Å²) in [6, 6.07) is -0.0619. The minimum absolute atomic E-state index is 0.260. The molecule has 0 aliphatic carbocycles. The molecule has 0 aromatic carbocycles. The number of carbonyl (C=O) groups excluding carboxylic acids is 1. The Kier molecular flexibility index (Phi) is 3.14. The topological polar surface area (TPSA) is 72.3 Å². The lowest BCUT2D eigenvalue weighted by molar-refractivity contribution is 0.107. The van der Waals surface area contributed by atoms with E-state index in [9.17, 15) is 4.79 Å². The summed E-state index contributed by atoms with van der Waals surface area (Å²) in [6.07, 6.45) is 1.00. The second-order valence-corrected chi connectivity index (χ2v) is 4.05. The molecule has 1 heterocycles. The molecule has 0 saturated carbocycles. The highest BCUT2D eigenvalue weighted by Gasteiger charge is 2.31. The molecule has 1 saturated heterocycles. The third-order valence-corrected chi connectivity index (χ3v) is 3.07. The minimum Gasteiger partial charge on any atom is -0.351 e. The van der Waals surface area contributed by atoms with Crippen molar-refractivity contribution in [3.05, 3.63) is 0 Å². The van der Waals surface area contributed by atoms with Crippen LogP contribution in [0, 0.1) is 11.8 Å². The monoisotopic (exact) mass is 185 g/mol. The molecule has 3 unspecified atom stereocenters. The molecule has 0 aromatic heterocycles. The fourth-order valence-corrected chi connectivity index (χ4v) is 2.08. The van der Waals surface area contributed by atoms with Gasteiger partial charge in [0.15, 0.2) is 0 Å². The zero-order valence-corrected chi connectivity index (χ0v) is 8.36. The maximum absolute atomic E-state index is 11.0. The van der Waals surface area contributed by atoms with Crippen molar-refractivity contribution in [1.29, 1.82) is 0 Å². The predicted octanol–water partition coefficient (Wildman–Crippen LogP) is 0.370. The van der Waals surface area contributed by atoms with Gasteiger partial charge in [0.1, 0.15) is 0 Å². The average Bonchev–Trinajstić information content (AvgIpc) is 2.03. The van der Waals surface area contributed by atoms with Gasteiger partial charge in [-0.25, -0.2) is 4.79 Å². The molecule has 1 fully saturated rings. The molecule has 4 heteroatoms. The van der Waals surface area contributed by atoms with E-state index < -0.39 is 0 Å². The third-order valence-electron chi connectivity index (χ3n) is 3.07. The molecule has 1 aliphatic heterocycles. The van der Waals surface area contributed by atoms with E-state index in [0.29, 0.717) is 24.9 Å². The van der Waals surface area contributed by atoms with Gasteiger partial charge in [-0.3, -0.25) is 0 Å². The molecular weight excluding hydrogens is 166 g/mol. The van der Waals surface area contributed by atoms with Crippen molar-refractivity contribution in [3.63, 3.8) is 0 Å². The number of rotatable bonds is 1. The van der Waals surface area contributed by atoms with Crippen LogP contribution >= 0.6 is 0 Å². The first kappa shape index (κ1) is 10.3. The zero-order valence-electron chi connectivity index (χ0n) is 8.36. The summed E-state index contributed by atoms with van der Waals surface area (Å²) in [5, 5.41) is 0. The van der Waals surface area contributed by atoms with Crippen molar-refractivity contribution in [2.75, 3.05) is 13.1 Å². The molecular formula is C9H19N3O. The average molecular weight is 185 g/mol. The standard InChI is InChI=1S/C9H19N3O/c1-6-3-7(2)12(9(11)13)5-8(6)4-10/h6-8H,3-5,10H2,1-2H3,(H2,11,13). The van der Waals surface area contributed by atoms with Gasteiger partial charge in [0.05, 0.1) is 0 Å². The van der Waals surface area contributed by atoms with E-state index in [1.807, 2.05) is 6.92 Å². The second-order valence-electron chi connectivity index (χ2n) is 4.05. The van der Waals surface area contributed by atoms with Crippen molar-refractivity contribution < 1.29 is 4.79 Å². The van der Waals surface area contributed by atoms with Crippen LogP contribution in [0.1, 0.15) is 20.3 Å². The molecule has 3 atom stereocenters. The number of likely N-dealkylation sites (tertiary alicyclic amines) is 1. The quantitative estimate of drug-likeness (QED) is 0.619. The first-order valence-electron chi connectivity index (χ1n) is 4.82. The number of primary amides is 1. The normalized spacial score (nSPS) is 34.7. The Hall–Kier alpha value is -0.770. The highest BCUT2D eigenvalue weighted by Crippen LogP contribution is 2.26. The summed E-state index contributed by atoms with van der Waals surface area (Å²) in [5.74, 6) is 0.999. The van der Waals surface area contributed by atoms with Crippen molar-refractivity contribution in [2.24, 2.45) is 23.3 Å². The lowest BCUT2D eigenvalue weighted by Gasteiger charge is -2.40. The number of nitrogens with two attached hydrogens (primary N) is 2. The molecule has 4 nitrogen and oxygen atoms in total. The summed E-state index contributed by atoms with van der Waals surface area (Å²) in [5.41, 5.74) is 10.9. The molecule has 1 rings (SSSR count). The van der Waals surface area contributed by atoms with Gasteiger partial charge in [-0.15, -0.1) is 0 Å². The van der Waals surface area contributed by atoms with Crippen LogP contribution < -0.4 is 11.5 Å². The van der Waals surface area contributed by atoms with Crippen LogP contribution in [-0.4, -0.2) is 30.1 Å². The van der Waals surface area contributed by atoms with Crippen LogP contribution in [0.5, 0.6) is 0 Å². The Morgan fingerprint density at radius 2 is 2.15 bits per heavy atom. The third kappa shape index (κ3) is 2.12. The van der Waals surface area contributed by atoms with Crippen LogP contribution in [0.3, 0.4) is 0 Å². The molecule has 4 N–H and O–H groups in total. The number of hydrogen-bond acceptors (Lipinski definition) is 2. The van der Waals surface area contributed by atoms with Crippen molar-refractivity contribution in [1.82, 2.24) is 4.90 Å². The Balaban J connectivity index is 2.63. The first-order chi connectivity index (χ1) is 6.06. The number of amides is 2. The van der Waals surface area contributed by atoms with Gasteiger partial charge in [-0.1, -0.05) is 6.92 Å². The molecule has 1 aliphatic rings. The van der Waals surface area contributed by atoms with E-state index in [1.165, 1.54) is 0 Å². The van der Waals surface area contributed by atoms with Crippen molar-refractivity contribution in [2.45, 2.75) is 26.3 Å². The highest BCUT2D eigenvalue weighted by molar-refractivity contribution is 5.72. The van der Waals surface area contributed by atoms with Gasteiger partial charge < -0.3 is 16.4 Å². The second kappa shape index (κ2) is 3.96. The minimum atomic E-state index is -0.321. The van der Waals surface area contributed by atoms with Crippen LogP contribution in [0.15, 0.2) is 0 Å². The predicted molar refractivity (Wildman–Crippen MR) is 52.1 cm³/mol. The molecule has 0 aromatic rings. The van der Waals surface area contributed by atoms with Gasteiger partial charge in [0, 0.05) is 12.6 Å². The number of carbonyl (C=O) groups is 1. The smallest absolute Gasteiger partial charge is 0.315 e. The SMILES string of the molecule is CC1CC(C)N(C(N)=O)CC1CN. The van der Waals surface area contributed by atoms with Crippen LogP contribution in [0.2, 0.25) is 0 Å². The van der Waals surface area contributed by atoms with E-state index in [0.717, 1.165) is 6.42 Å². The van der Waals surface area contributed by atoms with Gasteiger partial charge in [-0.05, 0) is 31.7 Å². The number of nitrogens with zero attached hydrogens (tertiary/aromatic N) is 1. The van der Waals surface area contributed by atoms with Gasteiger partial charge in [0.25, 0.3) is 0 Å². The van der Waals surface area contributed by atoms with Gasteiger partial charge >= 0.3 is 6.03 Å². The fourth-order valence-electron chi connectivity index (χ4n) is 2.08. The largest absolute Gasteiger partial charge is 0.351 e. The Bertz CT molecular complexity index is 195. The van der Waals surface area contributed by atoms with Crippen LogP contribution in [0.25, 0.3) is 0 Å². The van der Waals surface area contributed by atoms with E-state index in [2.05, 4.69) is 6.92 Å². The lowest BCUT2D eigenvalue weighted by atomic mass is 9.84. The molecule has 0 bridgehead atoms. The molecule has 0 spiro atoms. The molecule has 0 radical (unpaired) electrons. The highest BCUT2D eigenvalue weighted by atomic mass is 16.2. The van der Waals surface area contributed by atoms with Crippen molar-refractivity contribution in [3.8, 4) is 0 Å². The number of urea groups is 1. The Labute approximate surface area is 79.3 Å². The van der Waals surface area contributed by atoms with Gasteiger partial charge in [0.2, 0.25) is 0 Å². The fraction of sp³-hybridized carbons (Fsp3) is 0.889. The lowest BCUT2D eigenvalue weighted by Crippen LogP contribution is -2.52. The summed E-state index contributed by atoms with van der Waals surface area (Å²) in [4.78, 5) is 12.8. The molecule has 2 amide bonds. The number of piperidine rings is 1. The van der Waals surface area contributed by atoms with E-state index in [-0.39, 0.29) is 12.1 Å². The first-order valence-corrected chi connectivity index (χ1v) is 4.82. The Morgan fingerprint density at radius 1 is 1.54 bits per heavy atom. The molecule has 13 heavy (non-hydrogen) atoms. The van der Waals surface area contributed by atoms with Crippen LogP contribution in [-0.2, 0) is 0 Å². The van der Waals surface area contributed by atoms with Gasteiger partial charge in [-0.2, -0.15) is 0 Å². The van der Waals surface area contributed by atoms with Crippen molar-refractivity contribution >= 4 is 6.03 Å². The maximum Gasteiger partial charge on any atom is 0.315 e. The maximum atomic E-state index is 11.0. The van der Waals surface area contributed by atoms with E-state index >= 15 is 0 Å². The van der Waals surface area contributed by atoms with Crippen LogP contribution in [0.4, 0.5) is 4.79 Å². The number of hydrogen-bond donors (Lipinski definition) is 2. The van der Waals surface area contributed by atoms with E-state index in [1.54, 1.807) is 4.90 Å². The molecule has 76 valence electrons. The summed E-state index contributed by atoms with van der Waals surface area (Å²) >= 11 is 0. The Morgan fingerprint density at radius 3 is 2.62 bits per heavy atom. The summed E-state index contributed by atoms with van der Waals surface area (Å²) in [6.45, 7) is 5.58. The summed E-state index contributed by atoms with van der Waals surface area (Å²) < 4.78 is 0.